The highest BCUT2D eigenvalue weighted by molar-refractivity contribution is 5.82. The van der Waals surface area contributed by atoms with E-state index in [0.29, 0.717) is 29.2 Å². The second-order valence-electron chi connectivity index (χ2n) is 13.4. The molecule has 4 saturated carbocycles. The Kier molecular flexibility index (Phi) is 5.95. The predicted molar refractivity (Wildman–Crippen MR) is 135 cm³/mol. The van der Waals surface area contributed by atoms with Crippen LogP contribution >= 0.6 is 0 Å². The van der Waals surface area contributed by atoms with E-state index in [4.69, 9.17) is 0 Å². The van der Waals surface area contributed by atoms with Gasteiger partial charge in [0, 0.05) is 12.0 Å². The van der Waals surface area contributed by atoms with E-state index >= 15 is 0 Å². The number of benzene rings is 1. The lowest BCUT2D eigenvalue weighted by atomic mass is 9.44. The maximum atomic E-state index is 13.6. The monoisotopic (exact) mass is 533 g/mol. The molecular weight excluding hydrogens is 495 g/mol. The van der Waals surface area contributed by atoms with Gasteiger partial charge < -0.3 is 9.84 Å². The molecule has 208 valence electrons. The number of ketones is 1. The van der Waals surface area contributed by atoms with Gasteiger partial charge in [0.25, 0.3) is 0 Å². The minimum atomic E-state index is -4.78. The van der Waals surface area contributed by atoms with Crippen molar-refractivity contribution in [2.24, 2.45) is 40.4 Å². The summed E-state index contributed by atoms with van der Waals surface area (Å²) < 4.78 is 41.7. The zero-order chi connectivity index (χ0) is 27.1. The first-order valence-electron chi connectivity index (χ1n) is 14.1. The molecule has 1 heterocycles. The van der Waals surface area contributed by atoms with Crippen LogP contribution in [0.3, 0.4) is 0 Å². The molecule has 0 saturated heterocycles. The fourth-order valence-electron chi connectivity index (χ4n) is 9.42. The van der Waals surface area contributed by atoms with Gasteiger partial charge in [-0.05, 0) is 111 Å². The Balaban J connectivity index is 1.17. The first kappa shape index (κ1) is 26.1. The molecule has 6 nitrogen and oxygen atoms in total. The number of alkyl halides is 3. The van der Waals surface area contributed by atoms with Crippen molar-refractivity contribution in [3.05, 3.63) is 18.2 Å². The van der Waals surface area contributed by atoms with Crippen LogP contribution in [-0.2, 0) is 11.3 Å². The van der Waals surface area contributed by atoms with Crippen LogP contribution in [0.1, 0.15) is 78.6 Å². The topological polar surface area (TPSA) is 77.2 Å². The maximum absolute atomic E-state index is 13.6. The zero-order valence-corrected chi connectivity index (χ0v) is 22.4. The molecule has 0 radical (unpaired) electrons. The number of carbonyl (C=O) groups excluding carboxylic acids is 1. The number of ether oxygens (including phenoxy) is 1. The van der Waals surface area contributed by atoms with Crippen LogP contribution in [0.2, 0.25) is 0 Å². The molecule has 1 aromatic heterocycles. The van der Waals surface area contributed by atoms with Gasteiger partial charge in [-0.25, -0.2) is 0 Å². The highest BCUT2D eigenvalue weighted by Crippen LogP contribution is 2.68. The lowest BCUT2D eigenvalue weighted by Gasteiger charge is -2.61. The summed E-state index contributed by atoms with van der Waals surface area (Å²) in [4.78, 5) is 15.0. The largest absolute Gasteiger partial charge is 0.573 e. The van der Waals surface area contributed by atoms with Gasteiger partial charge in [-0.3, -0.25) is 4.79 Å². The summed E-state index contributed by atoms with van der Waals surface area (Å²) in [5.41, 5.74) is 0.403. The van der Waals surface area contributed by atoms with Gasteiger partial charge in [-0.2, -0.15) is 15.0 Å². The van der Waals surface area contributed by atoms with E-state index in [9.17, 15) is 23.1 Å². The summed E-state index contributed by atoms with van der Waals surface area (Å²) in [6.45, 7) is 6.82. The lowest BCUT2D eigenvalue weighted by molar-refractivity contribution is -0.274. The number of hydrogen-bond donors (Lipinski definition) is 1. The predicted octanol–water partition coefficient (Wildman–Crippen LogP) is 6.31. The molecule has 4 aliphatic rings. The molecule has 38 heavy (non-hydrogen) atoms. The quantitative estimate of drug-likeness (QED) is 0.499. The van der Waals surface area contributed by atoms with Crippen LogP contribution in [0.5, 0.6) is 5.75 Å². The van der Waals surface area contributed by atoms with Crippen molar-refractivity contribution in [3.8, 4) is 5.75 Å². The number of carbonyl (C=O) groups is 1. The van der Waals surface area contributed by atoms with Gasteiger partial charge in [0.2, 0.25) is 0 Å². The second kappa shape index (κ2) is 8.67. The Morgan fingerprint density at radius 1 is 1.00 bits per heavy atom. The first-order valence-corrected chi connectivity index (χ1v) is 14.1. The smallest absolute Gasteiger partial charge is 0.406 e. The summed E-state index contributed by atoms with van der Waals surface area (Å²) in [6, 6.07) is 3.84. The van der Waals surface area contributed by atoms with Crippen molar-refractivity contribution in [2.45, 2.75) is 97.1 Å². The molecule has 8 atom stereocenters. The lowest BCUT2D eigenvalue weighted by Crippen LogP contribution is -2.55. The zero-order valence-electron chi connectivity index (χ0n) is 22.4. The van der Waals surface area contributed by atoms with Gasteiger partial charge in [0.05, 0.1) is 5.60 Å². The van der Waals surface area contributed by atoms with Crippen LogP contribution in [0.15, 0.2) is 18.2 Å². The first-order chi connectivity index (χ1) is 17.8. The van der Waals surface area contributed by atoms with Crippen LogP contribution in [0, 0.1) is 40.4 Å². The molecule has 9 heteroatoms. The standard InChI is InChI=1S/C29H38F3N3O3/c1-26(37)12-13-27(2)17(15-26)4-6-19-20-7-8-22(28(20,3)11-10-21(19)27)25(36)16-35-33-23-9-5-18(14-24(23)34-35)38-29(30,31)32/h5,9,14,17,19-22,37H,4,6-8,10-13,15-16H2,1-3H3/t17-,19+,20+,21+,22-,26-,27?,28+/m1/s1. The van der Waals surface area contributed by atoms with Crippen molar-refractivity contribution >= 4 is 16.8 Å². The Morgan fingerprint density at radius 3 is 2.50 bits per heavy atom. The molecule has 4 aliphatic carbocycles. The van der Waals surface area contributed by atoms with Crippen molar-refractivity contribution in [3.63, 3.8) is 0 Å². The normalized spacial score (nSPS) is 40.9. The van der Waals surface area contributed by atoms with E-state index in [1.807, 2.05) is 6.92 Å². The minimum absolute atomic E-state index is 0.0279. The molecule has 0 bridgehead atoms. The minimum Gasteiger partial charge on any atom is -0.406 e. The summed E-state index contributed by atoms with van der Waals surface area (Å²) in [7, 11) is 0. The molecule has 0 aliphatic heterocycles. The van der Waals surface area contributed by atoms with Gasteiger partial charge in [-0.15, -0.1) is 13.2 Å². The number of nitrogens with zero attached hydrogens (tertiary/aromatic N) is 3. The van der Waals surface area contributed by atoms with E-state index in [1.54, 1.807) is 0 Å². The average molecular weight is 534 g/mol. The van der Waals surface area contributed by atoms with Crippen molar-refractivity contribution in [1.29, 1.82) is 0 Å². The molecular formula is C29H38F3N3O3. The summed E-state index contributed by atoms with van der Waals surface area (Å²) in [5.74, 6) is 2.12. The Morgan fingerprint density at radius 2 is 1.74 bits per heavy atom. The number of aromatic nitrogens is 3. The van der Waals surface area contributed by atoms with E-state index in [0.717, 1.165) is 44.9 Å². The fraction of sp³-hybridized carbons (Fsp3) is 0.759. The summed E-state index contributed by atoms with van der Waals surface area (Å²) in [6.07, 6.45) is 4.59. The average Bonchev–Trinajstić information content (AvgIpc) is 3.37. The van der Waals surface area contributed by atoms with Crippen LogP contribution in [-0.4, -0.2) is 37.8 Å². The van der Waals surface area contributed by atoms with Crippen LogP contribution in [0.4, 0.5) is 13.2 Å². The SMILES string of the molecule is CC12CC[C@@](C)(O)C[C@H]1CC[C@@H]1[C@@H]2CC[C@]2(C)[C@@H](C(=O)Cn3nc4ccc(OC(F)(F)F)cc4n3)CC[C@@H]12. The molecule has 0 spiro atoms. The van der Waals surface area contributed by atoms with Crippen molar-refractivity contribution < 1.29 is 27.8 Å². The number of Topliss-reactive ketones (excluding diaryl/α,β-unsaturated/α-hetero) is 1. The molecule has 1 unspecified atom stereocenters. The second-order valence-corrected chi connectivity index (χ2v) is 13.4. The summed E-state index contributed by atoms with van der Waals surface area (Å²) in [5, 5.41) is 19.4. The number of rotatable bonds is 4. The van der Waals surface area contributed by atoms with Gasteiger partial charge in [0.1, 0.15) is 23.3 Å². The molecule has 1 aromatic carbocycles. The number of halogens is 3. The maximum Gasteiger partial charge on any atom is 0.573 e. The van der Waals surface area contributed by atoms with E-state index in [1.165, 1.54) is 35.8 Å². The van der Waals surface area contributed by atoms with Gasteiger partial charge >= 0.3 is 6.36 Å². The van der Waals surface area contributed by atoms with Crippen LogP contribution in [0.25, 0.3) is 11.0 Å². The third kappa shape index (κ3) is 4.33. The Hall–Kier alpha value is -2.16. The molecule has 6 rings (SSSR count). The fourth-order valence-corrected chi connectivity index (χ4v) is 9.42. The van der Waals surface area contributed by atoms with E-state index < -0.39 is 12.0 Å². The van der Waals surface area contributed by atoms with Gasteiger partial charge in [-0.1, -0.05) is 13.8 Å². The van der Waals surface area contributed by atoms with Gasteiger partial charge in [0.15, 0.2) is 5.78 Å². The molecule has 2 aromatic rings. The summed E-state index contributed by atoms with van der Waals surface area (Å²) >= 11 is 0. The van der Waals surface area contributed by atoms with Crippen LogP contribution < -0.4 is 4.74 Å². The van der Waals surface area contributed by atoms with E-state index in [-0.39, 0.29) is 40.3 Å². The Bertz CT molecular complexity index is 1240. The molecule has 4 fully saturated rings. The molecule has 1 N–H and O–H groups in total. The van der Waals surface area contributed by atoms with Crippen molar-refractivity contribution in [2.75, 3.05) is 0 Å². The van der Waals surface area contributed by atoms with Crippen molar-refractivity contribution in [1.82, 2.24) is 15.0 Å². The third-order valence-corrected chi connectivity index (χ3v) is 11.3. The number of aliphatic hydroxyl groups is 1. The third-order valence-electron chi connectivity index (χ3n) is 11.3. The van der Waals surface area contributed by atoms with E-state index in [2.05, 4.69) is 28.8 Å². The highest BCUT2D eigenvalue weighted by atomic mass is 19.4. The number of hydrogen-bond acceptors (Lipinski definition) is 5. The Labute approximate surface area is 221 Å². The number of fused-ring (bicyclic) bond motifs is 6. The molecule has 0 amide bonds. The highest BCUT2D eigenvalue weighted by Gasteiger charge is 2.61.